The summed E-state index contributed by atoms with van der Waals surface area (Å²) in [6.45, 7) is 2.55. The zero-order chi connectivity index (χ0) is 18.4. The van der Waals surface area contributed by atoms with Gasteiger partial charge in [-0.1, -0.05) is 48.5 Å². The number of nitrogens with one attached hydrogen (secondary N) is 1. The van der Waals surface area contributed by atoms with Gasteiger partial charge < -0.3 is 15.0 Å². The van der Waals surface area contributed by atoms with Crippen molar-refractivity contribution in [1.82, 2.24) is 10.2 Å². The molecule has 2 aromatic rings. The van der Waals surface area contributed by atoms with Crippen LogP contribution in [0.25, 0.3) is 11.6 Å². The highest BCUT2D eigenvalue weighted by atomic mass is 35.5. The summed E-state index contributed by atoms with van der Waals surface area (Å²) in [5.74, 6) is 1.37. The van der Waals surface area contributed by atoms with E-state index in [0.717, 1.165) is 42.9 Å². The number of benzene rings is 2. The number of ether oxygens (including phenoxy) is 1. The van der Waals surface area contributed by atoms with Crippen LogP contribution in [0.15, 0.2) is 54.6 Å². The van der Waals surface area contributed by atoms with Crippen LogP contribution in [-0.2, 0) is 4.79 Å². The van der Waals surface area contributed by atoms with Crippen LogP contribution in [0.1, 0.15) is 17.5 Å². The molecule has 1 saturated heterocycles. The number of carbonyl (C=O) groups excluding carboxylic acids is 1. The standard InChI is InChI=1S/C22H26N2O2.ClH/c1-23-15-17-12-13-24(16-17)22(25)20(18-8-4-3-5-9-18)14-19-10-6-7-11-21(19)26-2;/h3-11,14,17,23H,12-13,15-16H2,1-2H3;1H/b20-14+;. The van der Waals surface area contributed by atoms with Crippen molar-refractivity contribution < 1.29 is 9.53 Å². The first-order valence-corrected chi connectivity index (χ1v) is 9.07. The van der Waals surface area contributed by atoms with Gasteiger partial charge in [0.2, 0.25) is 0 Å². The van der Waals surface area contributed by atoms with E-state index in [4.69, 9.17) is 4.74 Å². The van der Waals surface area contributed by atoms with Crippen LogP contribution >= 0.6 is 12.4 Å². The van der Waals surface area contributed by atoms with Crippen molar-refractivity contribution in [3.05, 3.63) is 65.7 Å². The number of hydrogen-bond donors (Lipinski definition) is 1. The van der Waals surface area contributed by atoms with E-state index >= 15 is 0 Å². The molecule has 2 aromatic carbocycles. The van der Waals surface area contributed by atoms with Gasteiger partial charge in [-0.25, -0.2) is 0 Å². The fraction of sp³-hybridized carbons (Fsp3) is 0.318. The fourth-order valence-corrected chi connectivity index (χ4v) is 3.47. The van der Waals surface area contributed by atoms with Gasteiger partial charge in [-0.15, -0.1) is 12.4 Å². The van der Waals surface area contributed by atoms with E-state index in [9.17, 15) is 4.79 Å². The van der Waals surface area contributed by atoms with Crippen molar-refractivity contribution in [2.45, 2.75) is 6.42 Å². The molecular weight excluding hydrogens is 360 g/mol. The fourth-order valence-electron chi connectivity index (χ4n) is 3.47. The third kappa shape index (κ3) is 5.12. The smallest absolute Gasteiger partial charge is 0.254 e. The maximum atomic E-state index is 13.3. The molecule has 5 heteroatoms. The van der Waals surface area contributed by atoms with E-state index in [1.807, 2.05) is 72.6 Å². The molecule has 0 spiro atoms. The summed E-state index contributed by atoms with van der Waals surface area (Å²) in [7, 11) is 3.61. The second-order valence-electron chi connectivity index (χ2n) is 6.63. The molecule has 27 heavy (non-hydrogen) atoms. The molecule has 1 aliphatic rings. The van der Waals surface area contributed by atoms with E-state index in [0.29, 0.717) is 11.5 Å². The number of methoxy groups -OCH3 is 1. The molecule has 1 atom stereocenters. The molecule has 1 heterocycles. The maximum absolute atomic E-state index is 13.3. The number of carbonyl (C=O) groups is 1. The van der Waals surface area contributed by atoms with Gasteiger partial charge in [0.25, 0.3) is 5.91 Å². The highest BCUT2D eigenvalue weighted by Crippen LogP contribution is 2.28. The number of halogens is 1. The van der Waals surface area contributed by atoms with Crippen molar-refractivity contribution in [2.75, 3.05) is 33.8 Å². The van der Waals surface area contributed by atoms with E-state index < -0.39 is 0 Å². The Bertz CT molecular complexity index is 777. The highest BCUT2D eigenvalue weighted by molar-refractivity contribution is 6.24. The Morgan fingerprint density at radius 3 is 2.59 bits per heavy atom. The van der Waals surface area contributed by atoms with Crippen LogP contribution in [0.5, 0.6) is 5.75 Å². The average Bonchev–Trinajstić information content (AvgIpc) is 3.15. The molecule has 3 rings (SSSR count). The van der Waals surface area contributed by atoms with Crippen LogP contribution in [0.3, 0.4) is 0 Å². The molecule has 1 fully saturated rings. The molecule has 0 saturated carbocycles. The molecule has 0 bridgehead atoms. The predicted molar refractivity (Wildman–Crippen MR) is 113 cm³/mol. The molecule has 144 valence electrons. The summed E-state index contributed by atoms with van der Waals surface area (Å²) in [5.41, 5.74) is 2.55. The summed E-state index contributed by atoms with van der Waals surface area (Å²) in [6.07, 6.45) is 2.99. The lowest BCUT2D eigenvalue weighted by molar-refractivity contribution is -0.124. The molecule has 1 amide bonds. The third-order valence-corrected chi connectivity index (χ3v) is 4.82. The zero-order valence-corrected chi connectivity index (χ0v) is 16.7. The first kappa shape index (κ1) is 21.0. The Morgan fingerprint density at radius 2 is 1.89 bits per heavy atom. The van der Waals surface area contributed by atoms with Gasteiger partial charge >= 0.3 is 0 Å². The Kier molecular flexibility index (Phi) is 7.89. The van der Waals surface area contributed by atoms with Crippen molar-refractivity contribution in [2.24, 2.45) is 5.92 Å². The van der Waals surface area contributed by atoms with Crippen LogP contribution in [0.2, 0.25) is 0 Å². The van der Waals surface area contributed by atoms with E-state index in [1.165, 1.54) is 0 Å². The largest absolute Gasteiger partial charge is 0.496 e. The minimum absolute atomic E-state index is 0. The molecule has 0 aromatic heterocycles. The number of likely N-dealkylation sites (tertiary alicyclic amines) is 1. The second-order valence-corrected chi connectivity index (χ2v) is 6.63. The lowest BCUT2D eigenvalue weighted by Gasteiger charge is -2.19. The predicted octanol–water partition coefficient (Wildman–Crippen LogP) is 3.73. The molecule has 1 unspecified atom stereocenters. The Morgan fingerprint density at radius 1 is 1.19 bits per heavy atom. The van der Waals surface area contributed by atoms with Gasteiger partial charge in [0.15, 0.2) is 0 Å². The second kappa shape index (κ2) is 10.1. The van der Waals surface area contributed by atoms with Gasteiger partial charge in [-0.3, -0.25) is 4.79 Å². The SMILES string of the molecule is CNCC1CCN(C(=O)/C(=C/c2ccccc2OC)c2ccccc2)C1.Cl. The van der Waals surface area contributed by atoms with Crippen molar-refractivity contribution >= 4 is 30.0 Å². The number of amides is 1. The molecule has 0 radical (unpaired) electrons. The molecule has 0 aliphatic carbocycles. The normalized spacial score (nSPS) is 16.7. The summed E-state index contributed by atoms with van der Waals surface area (Å²) in [5, 5.41) is 3.22. The minimum Gasteiger partial charge on any atom is -0.496 e. The number of hydrogen-bond acceptors (Lipinski definition) is 3. The van der Waals surface area contributed by atoms with Gasteiger partial charge in [0.1, 0.15) is 5.75 Å². The van der Waals surface area contributed by atoms with Crippen LogP contribution < -0.4 is 10.1 Å². The molecule has 1 N–H and O–H groups in total. The summed E-state index contributed by atoms with van der Waals surface area (Å²) < 4.78 is 5.46. The van der Waals surface area contributed by atoms with E-state index in [-0.39, 0.29) is 18.3 Å². The van der Waals surface area contributed by atoms with Crippen LogP contribution in [0.4, 0.5) is 0 Å². The van der Waals surface area contributed by atoms with E-state index in [2.05, 4.69) is 5.32 Å². The molecular formula is C22H27ClN2O2. The van der Waals surface area contributed by atoms with Crippen LogP contribution in [-0.4, -0.2) is 44.6 Å². The summed E-state index contributed by atoms with van der Waals surface area (Å²) >= 11 is 0. The molecule has 4 nitrogen and oxygen atoms in total. The monoisotopic (exact) mass is 386 g/mol. The van der Waals surface area contributed by atoms with Gasteiger partial charge in [-0.2, -0.15) is 0 Å². The quantitative estimate of drug-likeness (QED) is 0.607. The maximum Gasteiger partial charge on any atom is 0.254 e. The van der Waals surface area contributed by atoms with E-state index in [1.54, 1.807) is 7.11 Å². The number of nitrogens with zero attached hydrogens (tertiary/aromatic N) is 1. The van der Waals surface area contributed by atoms with Crippen molar-refractivity contribution in [3.8, 4) is 5.75 Å². The third-order valence-electron chi connectivity index (χ3n) is 4.82. The summed E-state index contributed by atoms with van der Waals surface area (Å²) in [4.78, 5) is 15.3. The number of rotatable bonds is 6. The average molecular weight is 387 g/mol. The topological polar surface area (TPSA) is 41.6 Å². The lowest BCUT2D eigenvalue weighted by atomic mass is 10.0. The minimum atomic E-state index is 0. The Labute approximate surface area is 167 Å². The van der Waals surface area contributed by atoms with Gasteiger partial charge in [0.05, 0.1) is 7.11 Å². The van der Waals surface area contributed by atoms with Crippen molar-refractivity contribution in [1.29, 1.82) is 0 Å². The highest BCUT2D eigenvalue weighted by Gasteiger charge is 2.28. The summed E-state index contributed by atoms with van der Waals surface area (Å²) in [6, 6.07) is 17.6. The van der Waals surface area contributed by atoms with Gasteiger partial charge in [-0.05, 0) is 43.6 Å². The van der Waals surface area contributed by atoms with Crippen LogP contribution in [0, 0.1) is 5.92 Å². The van der Waals surface area contributed by atoms with Gasteiger partial charge in [0, 0.05) is 24.2 Å². The lowest BCUT2D eigenvalue weighted by Crippen LogP contribution is -2.31. The number of para-hydroxylation sites is 1. The molecule has 1 aliphatic heterocycles. The Hall–Kier alpha value is -2.30. The Balaban J connectivity index is 0.00000261. The first-order chi connectivity index (χ1) is 12.7. The first-order valence-electron chi connectivity index (χ1n) is 9.07. The van der Waals surface area contributed by atoms with Crippen molar-refractivity contribution in [3.63, 3.8) is 0 Å². The zero-order valence-electron chi connectivity index (χ0n) is 15.9.